The van der Waals surface area contributed by atoms with Crippen LogP contribution < -0.4 is 0 Å². The summed E-state index contributed by atoms with van der Waals surface area (Å²) in [5.74, 6) is 0.159. The molecule has 0 spiro atoms. The Hall–Kier alpha value is -1.99. The minimum Gasteiger partial charge on any atom is -0.350 e. The molecule has 3 rings (SSSR count). The molecule has 0 atom stereocenters. The van der Waals surface area contributed by atoms with Gasteiger partial charge in [0.25, 0.3) is 11.6 Å². The van der Waals surface area contributed by atoms with Gasteiger partial charge in [0.05, 0.1) is 18.1 Å². The van der Waals surface area contributed by atoms with Crippen LogP contribution in [-0.4, -0.2) is 48.3 Å². The highest BCUT2D eigenvalue weighted by atomic mass is 16.7. The second kappa shape index (κ2) is 6.41. The van der Waals surface area contributed by atoms with E-state index in [1.807, 2.05) is 0 Å². The van der Waals surface area contributed by atoms with Crippen molar-refractivity contribution in [3.05, 3.63) is 39.9 Å². The summed E-state index contributed by atoms with van der Waals surface area (Å²) in [6, 6.07) is 5.87. The molecular weight excluding hydrogens is 288 g/mol. The highest BCUT2D eigenvalue weighted by molar-refractivity contribution is 5.94. The van der Waals surface area contributed by atoms with Crippen molar-refractivity contribution in [2.75, 3.05) is 26.3 Å². The Morgan fingerprint density at radius 2 is 1.91 bits per heavy atom. The Morgan fingerprint density at radius 1 is 1.23 bits per heavy atom. The second-order valence-corrected chi connectivity index (χ2v) is 5.55. The van der Waals surface area contributed by atoms with Crippen molar-refractivity contribution in [1.82, 2.24) is 4.90 Å². The number of benzene rings is 1. The summed E-state index contributed by atoms with van der Waals surface area (Å²) in [7, 11) is 0. The number of nitrogens with zero attached hydrogens (tertiary/aromatic N) is 2. The number of piperidine rings is 1. The molecule has 0 bridgehead atoms. The van der Waals surface area contributed by atoms with Gasteiger partial charge in [-0.15, -0.1) is 0 Å². The zero-order chi connectivity index (χ0) is 15.5. The number of rotatable bonds is 3. The maximum Gasteiger partial charge on any atom is 0.270 e. The normalized spacial score (nSPS) is 20.3. The van der Waals surface area contributed by atoms with E-state index in [0.29, 0.717) is 37.8 Å². The van der Waals surface area contributed by atoms with E-state index >= 15 is 0 Å². The molecule has 0 radical (unpaired) electrons. The van der Waals surface area contributed by atoms with Gasteiger partial charge in [-0.1, -0.05) is 6.07 Å². The number of hydrogen-bond donors (Lipinski definition) is 0. The van der Waals surface area contributed by atoms with Crippen molar-refractivity contribution >= 4 is 11.6 Å². The first kappa shape index (κ1) is 14.9. The van der Waals surface area contributed by atoms with Gasteiger partial charge in [-0.3, -0.25) is 14.9 Å². The quantitative estimate of drug-likeness (QED) is 0.628. The Morgan fingerprint density at radius 3 is 2.55 bits per heavy atom. The molecule has 2 heterocycles. The summed E-state index contributed by atoms with van der Waals surface area (Å²) < 4.78 is 11.0. The lowest BCUT2D eigenvalue weighted by Crippen LogP contribution is -2.41. The molecule has 7 nitrogen and oxygen atoms in total. The molecule has 2 fully saturated rings. The van der Waals surface area contributed by atoms with E-state index in [9.17, 15) is 14.9 Å². The van der Waals surface area contributed by atoms with Crippen molar-refractivity contribution in [2.24, 2.45) is 5.92 Å². The number of likely N-dealkylation sites (tertiary alicyclic amines) is 1. The van der Waals surface area contributed by atoms with Crippen molar-refractivity contribution < 1.29 is 19.2 Å². The molecule has 7 heteroatoms. The van der Waals surface area contributed by atoms with E-state index in [0.717, 1.165) is 12.8 Å². The third-order valence-corrected chi connectivity index (χ3v) is 4.16. The average molecular weight is 306 g/mol. The fourth-order valence-corrected chi connectivity index (χ4v) is 2.96. The van der Waals surface area contributed by atoms with Crippen LogP contribution in [0.25, 0.3) is 0 Å². The van der Waals surface area contributed by atoms with E-state index < -0.39 is 4.92 Å². The van der Waals surface area contributed by atoms with Crippen molar-refractivity contribution in [3.63, 3.8) is 0 Å². The zero-order valence-corrected chi connectivity index (χ0v) is 12.1. The number of ether oxygens (including phenoxy) is 2. The van der Waals surface area contributed by atoms with E-state index in [-0.39, 0.29) is 17.9 Å². The fourth-order valence-electron chi connectivity index (χ4n) is 2.96. The molecule has 0 saturated carbocycles. The Kier molecular flexibility index (Phi) is 4.35. The Balaban J connectivity index is 1.62. The van der Waals surface area contributed by atoms with Gasteiger partial charge in [-0.2, -0.15) is 0 Å². The topological polar surface area (TPSA) is 81.9 Å². The SMILES string of the molecule is O=C(c1cccc([N+](=O)[O-])c1)N1CCC(C2OCCO2)CC1. The molecule has 2 saturated heterocycles. The molecule has 1 amide bonds. The third-order valence-electron chi connectivity index (χ3n) is 4.16. The number of non-ortho nitro benzene ring substituents is 1. The smallest absolute Gasteiger partial charge is 0.270 e. The third kappa shape index (κ3) is 3.10. The molecular formula is C15H18N2O5. The second-order valence-electron chi connectivity index (χ2n) is 5.55. The molecule has 0 N–H and O–H groups in total. The summed E-state index contributed by atoms with van der Waals surface area (Å²) in [4.78, 5) is 24.5. The minimum absolute atomic E-state index is 0.0616. The number of amides is 1. The zero-order valence-electron chi connectivity index (χ0n) is 12.1. The van der Waals surface area contributed by atoms with Gasteiger partial charge < -0.3 is 14.4 Å². The maximum absolute atomic E-state index is 12.4. The molecule has 1 aromatic rings. The standard InChI is InChI=1S/C15H18N2O5/c18-14(12-2-1-3-13(10-12)17(19)20)16-6-4-11(5-7-16)15-21-8-9-22-15/h1-3,10-11,15H,4-9H2. The summed E-state index contributed by atoms with van der Waals surface area (Å²) >= 11 is 0. The molecule has 118 valence electrons. The van der Waals surface area contributed by atoms with Gasteiger partial charge in [0.1, 0.15) is 0 Å². The van der Waals surface area contributed by atoms with Gasteiger partial charge >= 0.3 is 0 Å². The van der Waals surface area contributed by atoms with Crippen molar-refractivity contribution in [1.29, 1.82) is 0 Å². The van der Waals surface area contributed by atoms with E-state index in [2.05, 4.69) is 0 Å². The van der Waals surface area contributed by atoms with E-state index in [4.69, 9.17) is 9.47 Å². The first-order valence-electron chi connectivity index (χ1n) is 7.42. The van der Waals surface area contributed by atoms with Crippen LogP contribution in [0.4, 0.5) is 5.69 Å². The monoisotopic (exact) mass is 306 g/mol. The lowest BCUT2D eigenvalue weighted by atomic mass is 9.95. The van der Waals surface area contributed by atoms with Gasteiger partial charge in [-0.25, -0.2) is 0 Å². The predicted molar refractivity (Wildman–Crippen MR) is 77.4 cm³/mol. The van der Waals surface area contributed by atoms with Crippen LogP contribution in [0.1, 0.15) is 23.2 Å². The first-order chi connectivity index (χ1) is 10.6. The van der Waals surface area contributed by atoms with E-state index in [1.165, 1.54) is 12.1 Å². The van der Waals surface area contributed by atoms with Crippen LogP contribution in [0.5, 0.6) is 0 Å². The maximum atomic E-state index is 12.4. The highest BCUT2D eigenvalue weighted by Gasteiger charge is 2.32. The summed E-state index contributed by atoms with van der Waals surface area (Å²) in [5.41, 5.74) is 0.300. The van der Waals surface area contributed by atoms with Gasteiger partial charge in [0.15, 0.2) is 6.29 Å². The van der Waals surface area contributed by atoms with Gasteiger partial charge in [0.2, 0.25) is 0 Å². The molecule has 0 aromatic heterocycles. The van der Waals surface area contributed by atoms with Crippen LogP contribution in [0.2, 0.25) is 0 Å². The number of nitro benzene ring substituents is 1. The average Bonchev–Trinajstić information content (AvgIpc) is 3.09. The molecule has 22 heavy (non-hydrogen) atoms. The van der Waals surface area contributed by atoms with Gasteiger partial charge in [0, 0.05) is 36.7 Å². The van der Waals surface area contributed by atoms with Crippen LogP contribution in [0, 0.1) is 16.0 Å². The first-order valence-corrected chi connectivity index (χ1v) is 7.42. The highest BCUT2D eigenvalue weighted by Crippen LogP contribution is 2.26. The fraction of sp³-hybridized carbons (Fsp3) is 0.533. The molecule has 2 aliphatic heterocycles. The lowest BCUT2D eigenvalue weighted by molar-refractivity contribution is -0.384. The minimum atomic E-state index is -0.488. The molecule has 1 aromatic carbocycles. The van der Waals surface area contributed by atoms with Crippen LogP contribution in [-0.2, 0) is 9.47 Å². The predicted octanol–water partition coefficient (Wildman–Crippen LogP) is 1.82. The summed E-state index contributed by atoms with van der Waals surface area (Å²) in [6.07, 6.45) is 1.51. The number of carbonyl (C=O) groups excluding carboxylic acids is 1. The van der Waals surface area contributed by atoms with Crippen molar-refractivity contribution in [3.8, 4) is 0 Å². The number of carbonyl (C=O) groups is 1. The van der Waals surface area contributed by atoms with E-state index in [1.54, 1.807) is 17.0 Å². The number of nitro groups is 1. The van der Waals surface area contributed by atoms with Crippen molar-refractivity contribution in [2.45, 2.75) is 19.1 Å². The Labute approximate surface area is 128 Å². The number of hydrogen-bond acceptors (Lipinski definition) is 5. The molecule has 0 unspecified atom stereocenters. The molecule has 2 aliphatic rings. The summed E-state index contributed by atoms with van der Waals surface area (Å²) in [5, 5.41) is 10.8. The molecule has 0 aliphatic carbocycles. The summed E-state index contributed by atoms with van der Waals surface area (Å²) in [6.45, 7) is 2.51. The largest absolute Gasteiger partial charge is 0.350 e. The Bertz CT molecular complexity index is 563. The van der Waals surface area contributed by atoms with Crippen LogP contribution in [0.15, 0.2) is 24.3 Å². The van der Waals surface area contributed by atoms with Crippen LogP contribution >= 0.6 is 0 Å². The van der Waals surface area contributed by atoms with Gasteiger partial charge in [-0.05, 0) is 18.9 Å². The lowest BCUT2D eigenvalue weighted by Gasteiger charge is -2.33. The van der Waals surface area contributed by atoms with Crippen LogP contribution in [0.3, 0.4) is 0 Å².